The van der Waals surface area contributed by atoms with Crippen LogP contribution in [0.5, 0.6) is 0 Å². The Kier molecular flexibility index (Phi) is 4.06. The molecule has 0 spiro atoms. The Morgan fingerprint density at radius 2 is 2.29 bits per heavy atom. The highest BCUT2D eigenvalue weighted by Gasteiger charge is 2.17. The summed E-state index contributed by atoms with van der Waals surface area (Å²) in [4.78, 5) is 16.0. The number of hydrogen-bond acceptors (Lipinski definition) is 4. The summed E-state index contributed by atoms with van der Waals surface area (Å²) >= 11 is 0. The van der Waals surface area contributed by atoms with E-state index in [0.717, 1.165) is 31.7 Å². The van der Waals surface area contributed by atoms with E-state index in [1.165, 1.54) is 0 Å². The van der Waals surface area contributed by atoms with E-state index >= 15 is 0 Å². The van der Waals surface area contributed by atoms with Crippen LogP contribution < -0.4 is 11.1 Å². The predicted molar refractivity (Wildman–Crippen MR) is 63.4 cm³/mol. The first-order valence-electron chi connectivity index (χ1n) is 5.83. The zero-order chi connectivity index (χ0) is 12.1. The molecule has 0 radical (unpaired) electrons. The molecular formula is C12H17N3O2. The Bertz CT molecular complexity index is 389. The van der Waals surface area contributed by atoms with Crippen molar-refractivity contribution in [3.8, 4) is 0 Å². The smallest absolute Gasteiger partial charge is 0.251 e. The second-order valence-corrected chi connectivity index (χ2v) is 4.10. The van der Waals surface area contributed by atoms with Crippen molar-refractivity contribution in [1.82, 2.24) is 10.3 Å². The second kappa shape index (κ2) is 5.75. The van der Waals surface area contributed by atoms with Gasteiger partial charge in [-0.1, -0.05) is 0 Å². The Morgan fingerprint density at radius 3 is 3.00 bits per heavy atom. The minimum Gasteiger partial charge on any atom is -0.381 e. The molecule has 1 aliphatic heterocycles. The summed E-state index contributed by atoms with van der Waals surface area (Å²) in [5.41, 5.74) is 6.84. The Morgan fingerprint density at radius 1 is 1.53 bits per heavy atom. The summed E-state index contributed by atoms with van der Waals surface area (Å²) < 4.78 is 5.25. The summed E-state index contributed by atoms with van der Waals surface area (Å²) in [5, 5.41) is 3.00. The Balaban J connectivity index is 1.98. The molecule has 0 bridgehead atoms. The van der Waals surface area contributed by atoms with Crippen LogP contribution in [0.4, 0.5) is 0 Å². The van der Waals surface area contributed by atoms with Crippen LogP contribution in [-0.2, 0) is 11.3 Å². The number of carbonyl (C=O) groups is 1. The number of ether oxygens (including phenoxy) is 1. The standard InChI is InChI=1S/C12H17N3O2/c13-8-11-7-9(1-4-14-11)12(16)15-10-2-5-17-6-3-10/h1,4,7,10H,2-3,5-6,8,13H2,(H,15,16). The molecule has 1 aliphatic rings. The van der Waals surface area contributed by atoms with E-state index in [9.17, 15) is 4.79 Å². The highest BCUT2D eigenvalue weighted by molar-refractivity contribution is 5.94. The van der Waals surface area contributed by atoms with Gasteiger partial charge in [0, 0.05) is 37.6 Å². The molecule has 1 fully saturated rings. The van der Waals surface area contributed by atoms with Gasteiger partial charge in [-0.15, -0.1) is 0 Å². The number of aromatic nitrogens is 1. The van der Waals surface area contributed by atoms with Gasteiger partial charge in [0.2, 0.25) is 0 Å². The maximum atomic E-state index is 12.0. The number of hydrogen-bond donors (Lipinski definition) is 2. The van der Waals surface area contributed by atoms with E-state index in [1.807, 2.05) is 0 Å². The van der Waals surface area contributed by atoms with Crippen molar-refractivity contribution in [3.63, 3.8) is 0 Å². The Hall–Kier alpha value is -1.46. The fourth-order valence-electron chi connectivity index (χ4n) is 1.84. The summed E-state index contributed by atoms with van der Waals surface area (Å²) in [6.07, 6.45) is 3.36. The molecule has 1 amide bonds. The number of nitrogens with zero attached hydrogens (tertiary/aromatic N) is 1. The predicted octanol–water partition coefficient (Wildman–Crippen LogP) is 0.449. The third kappa shape index (κ3) is 3.25. The molecule has 92 valence electrons. The highest BCUT2D eigenvalue weighted by atomic mass is 16.5. The van der Waals surface area contributed by atoms with Crippen molar-refractivity contribution >= 4 is 5.91 Å². The van der Waals surface area contributed by atoms with Gasteiger partial charge in [0.15, 0.2) is 0 Å². The van der Waals surface area contributed by atoms with Crippen LogP contribution in [0.1, 0.15) is 28.9 Å². The van der Waals surface area contributed by atoms with Crippen LogP contribution in [-0.4, -0.2) is 30.1 Å². The number of pyridine rings is 1. The molecule has 0 aromatic carbocycles. The number of amides is 1. The van der Waals surface area contributed by atoms with Gasteiger partial charge >= 0.3 is 0 Å². The normalized spacial score (nSPS) is 16.8. The molecule has 17 heavy (non-hydrogen) atoms. The van der Waals surface area contributed by atoms with Crippen LogP contribution in [0.2, 0.25) is 0 Å². The van der Waals surface area contributed by atoms with Gasteiger partial charge in [0.1, 0.15) is 0 Å². The maximum Gasteiger partial charge on any atom is 0.251 e. The van der Waals surface area contributed by atoms with Crippen molar-refractivity contribution in [2.24, 2.45) is 5.73 Å². The zero-order valence-corrected chi connectivity index (χ0v) is 9.69. The summed E-state index contributed by atoms with van der Waals surface area (Å²) in [6.45, 7) is 1.78. The highest BCUT2D eigenvalue weighted by Crippen LogP contribution is 2.08. The van der Waals surface area contributed by atoms with Gasteiger partial charge in [-0.25, -0.2) is 0 Å². The fourth-order valence-corrected chi connectivity index (χ4v) is 1.84. The van der Waals surface area contributed by atoms with Crippen molar-refractivity contribution < 1.29 is 9.53 Å². The van der Waals surface area contributed by atoms with E-state index in [2.05, 4.69) is 10.3 Å². The largest absolute Gasteiger partial charge is 0.381 e. The second-order valence-electron chi connectivity index (χ2n) is 4.10. The molecule has 0 unspecified atom stereocenters. The summed E-state index contributed by atoms with van der Waals surface area (Å²) in [5.74, 6) is -0.0611. The minimum absolute atomic E-state index is 0.0611. The average molecular weight is 235 g/mol. The molecule has 3 N–H and O–H groups in total. The number of carbonyl (C=O) groups excluding carboxylic acids is 1. The lowest BCUT2D eigenvalue weighted by Crippen LogP contribution is -2.38. The first kappa shape index (κ1) is 12.0. The van der Waals surface area contributed by atoms with Crippen molar-refractivity contribution in [2.75, 3.05) is 13.2 Å². The first-order chi connectivity index (χ1) is 8.29. The van der Waals surface area contributed by atoms with E-state index in [-0.39, 0.29) is 11.9 Å². The van der Waals surface area contributed by atoms with Crippen LogP contribution in [0.25, 0.3) is 0 Å². The molecule has 1 aromatic heterocycles. The lowest BCUT2D eigenvalue weighted by Gasteiger charge is -2.23. The van der Waals surface area contributed by atoms with Crippen LogP contribution in [0, 0.1) is 0 Å². The van der Waals surface area contributed by atoms with Gasteiger partial charge in [0.05, 0.1) is 5.69 Å². The van der Waals surface area contributed by atoms with E-state index < -0.39 is 0 Å². The quantitative estimate of drug-likeness (QED) is 0.797. The molecule has 0 atom stereocenters. The van der Waals surface area contributed by atoms with Crippen LogP contribution >= 0.6 is 0 Å². The lowest BCUT2D eigenvalue weighted by atomic mass is 10.1. The fraction of sp³-hybridized carbons (Fsp3) is 0.500. The molecule has 0 aliphatic carbocycles. The number of nitrogens with two attached hydrogens (primary N) is 1. The van der Waals surface area contributed by atoms with Gasteiger partial charge < -0.3 is 15.8 Å². The zero-order valence-electron chi connectivity index (χ0n) is 9.69. The number of nitrogens with one attached hydrogen (secondary N) is 1. The minimum atomic E-state index is -0.0611. The van der Waals surface area contributed by atoms with Crippen LogP contribution in [0.15, 0.2) is 18.3 Å². The summed E-state index contributed by atoms with van der Waals surface area (Å²) in [7, 11) is 0. The maximum absolute atomic E-state index is 12.0. The SMILES string of the molecule is NCc1cc(C(=O)NC2CCOCC2)ccn1. The molecule has 5 nitrogen and oxygen atoms in total. The number of rotatable bonds is 3. The van der Waals surface area contributed by atoms with Gasteiger partial charge in [0.25, 0.3) is 5.91 Å². The summed E-state index contributed by atoms with van der Waals surface area (Å²) in [6, 6.07) is 3.65. The first-order valence-corrected chi connectivity index (χ1v) is 5.83. The molecule has 5 heteroatoms. The van der Waals surface area contributed by atoms with Gasteiger partial charge in [-0.05, 0) is 25.0 Å². The third-order valence-electron chi connectivity index (χ3n) is 2.84. The molecule has 2 rings (SSSR count). The topological polar surface area (TPSA) is 77.2 Å². The molecular weight excluding hydrogens is 218 g/mol. The van der Waals surface area contributed by atoms with Crippen molar-refractivity contribution in [2.45, 2.75) is 25.4 Å². The van der Waals surface area contributed by atoms with E-state index in [4.69, 9.17) is 10.5 Å². The van der Waals surface area contributed by atoms with E-state index in [1.54, 1.807) is 18.3 Å². The van der Waals surface area contributed by atoms with Crippen molar-refractivity contribution in [3.05, 3.63) is 29.6 Å². The van der Waals surface area contributed by atoms with Gasteiger partial charge in [-0.3, -0.25) is 9.78 Å². The molecule has 2 heterocycles. The Labute approximate surface area is 100 Å². The monoisotopic (exact) mass is 235 g/mol. The van der Waals surface area contributed by atoms with Crippen molar-refractivity contribution in [1.29, 1.82) is 0 Å². The molecule has 0 saturated carbocycles. The molecule has 1 aromatic rings. The van der Waals surface area contributed by atoms with E-state index in [0.29, 0.717) is 12.1 Å². The van der Waals surface area contributed by atoms with Gasteiger partial charge in [-0.2, -0.15) is 0 Å². The third-order valence-corrected chi connectivity index (χ3v) is 2.84. The lowest BCUT2D eigenvalue weighted by molar-refractivity contribution is 0.0696. The average Bonchev–Trinajstić information content (AvgIpc) is 2.40. The molecule has 1 saturated heterocycles. The van der Waals surface area contributed by atoms with Crippen LogP contribution in [0.3, 0.4) is 0 Å².